The molecule has 0 spiro atoms. The quantitative estimate of drug-likeness (QED) is 0.162. The van der Waals surface area contributed by atoms with E-state index in [2.05, 4.69) is 202 Å². The molecule has 4 heterocycles. The van der Waals surface area contributed by atoms with Crippen LogP contribution in [-0.4, -0.2) is 6.71 Å². The van der Waals surface area contributed by atoms with Gasteiger partial charge >= 0.3 is 0 Å². The maximum atomic E-state index is 7.62. The second-order valence-corrected chi connectivity index (χ2v) is 25.3. The average molecular weight is 925 g/mol. The van der Waals surface area contributed by atoms with E-state index in [-0.39, 0.29) is 33.8 Å². The Bertz CT molecular complexity index is 3730. The Balaban J connectivity index is 1.19. The van der Waals surface area contributed by atoms with E-state index in [1.54, 1.807) is 0 Å². The summed E-state index contributed by atoms with van der Waals surface area (Å²) in [6, 6.07) is 41.3. The lowest BCUT2D eigenvalue weighted by atomic mass is 9.33. The molecule has 2 aliphatic heterocycles. The molecule has 0 amide bonds. The Labute approximate surface area is 412 Å². The molecule has 9 aromatic rings. The first-order chi connectivity index (χ1) is 32.6. The molecule has 4 nitrogen and oxygen atoms in total. The number of fused-ring (bicyclic) bond motifs is 12. The van der Waals surface area contributed by atoms with E-state index in [4.69, 9.17) is 20.4 Å². The summed E-state index contributed by atoms with van der Waals surface area (Å²) in [5, 5.41) is 5.22. The molecule has 0 fully saturated rings. The van der Waals surface area contributed by atoms with Gasteiger partial charge in [0.15, 0.2) is 5.58 Å². The zero-order valence-electron chi connectivity index (χ0n) is 42.4. The normalized spacial score (nSPS) is 18.4. The highest BCUT2D eigenvalue weighted by molar-refractivity contribution is 7.00. The van der Waals surface area contributed by atoms with Gasteiger partial charge in [-0.3, -0.25) is 0 Å². The maximum absolute atomic E-state index is 7.62. The molecule has 69 heavy (non-hydrogen) atoms. The summed E-state index contributed by atoms with van der Waals surface area (Å²) in [5.41, 5.74) is 22.3. The van der Waals surface area contributed by atoms with Crippen LogP contribution in [0.15, 0.2) is 118 Å². The predicted octanol–water partition coefficient (Wildman–Crippen LogP) is 16.5. The molecule has 0 atom stereocenters. The van der Waals surface area contributed by atoms with E-state index in [1.165, 1.54) is 61.1 Å². The van der Waals surface area contributed by atoms with Crippen LogP contribution in [0.3, 0.4) is 0 Å². The summed E-state index contributed by atoms with van der Waals surface area (Å²) in [7, 11) is 0. The molecular weight excluding hydrogens is 863 g/mol. The van der Waals surface area contributed by atoms with Crippen LogP contribution >= 0.6 is 11.6 Å². The van der Waals surface area contributed by atoms with Gasteiger partial charge in [0.1, 0.15) is 16.7 Å². The Morgan fingerprint density at radius 1 is 0.478 bits per heavy atom. The van der Waals surface area contributed by atoms with Gasteiger partial charge in [0.05, 0.1) is 5.69 Å². The van der Waals surface area contributed by atoms with Crippen molar-refractivity contribution in [2.75, 3.05) is 9.80 Å². The third-order valence-corrected chi connectivity index (χ3v) is 17.7. The van der Waals surface area contributed by atoms with Gasteiger partial charge in [0.2, 0.25) is 0 Å². The van der Waals surface area contributed by atoms with Crippen LogP contribution in [0.2, 0.25) is 5.02 Å². The van der Waals surface area contributed by atoms with Crippen LogP contribution in [0.1, 0.15) is 135 Å². The molecule has 346 valence electrons. The van der Waals surface area contributed by atoms with Gasteiger partial charge in [0.25, 0.3) is 6.71 Å². The van der Waals surface area contributed by atoms with Gasteiger partial charge in [-0.05, 0) is 140 Å². The van der Waals surface area contributed by atoms with Crippen molar-refractivity contribution in [1.82, 2.24) is 0 Å². The maximum Gasteiger partial charge on any atom is 0.252 e. The largest absolute Gasteiger partial charge is 0.456 e. The van der Waals surface area contributed by atoms with Crippen molar-refractivity contribution in [3.05, 3.63) is 148 Å². The second kappa shape index (κ2) is 13.9. The van der Waals surface area contributed by atoms with E-state index in [1.807, 2.05) is 0 Å². The number of aryl methyl sites for hydroxylation is 1. The van der Waals surface area contributed by atoms with E-state index in [0.29, 0.717) is 5.02 Å². The van der Waals surface area contributed by atoms with E-state index < -0.39 is 0 Å². The van der Waals surface area contributed by atoms with Crippen molar-refractivity contribution in [3.8, 4) is 0 Å². The minimum Gasteiger partial charge on any atom is -0.456 e. The fourth-order valence-electron chi connectivity index (χ4n) is 13.3. The summed E-state index contributed by atoms with van der Waals surface area (Å²) in [6.07, 6.45) is 4.54. The minimum atomic E-state index is -0.112. The molecule has 7 aromatic carbocycles. The predicted molar refractivity (Wildman–Crippen MR) is 294 cm³/mol. The Morgan fingerprint density at radius 2 is 0.986 bits per heavy atom. The van der Waals surface area contributed by atoms with Crippen molar-refractivity contribution in [3.63, 3.8) is 0 Å². The molecular formula is C63H62BClN2O2. The molecule has 0 bridgehead atoms. The Morgan fingerprint density at radius 3 is 1.64 bits per heavy atom. The summed E-state index contributed by atoms with van der Waals surface area (Å²) >= 11 is 7.62. The number of hydrogen-bond donors (Lipinski definition) is 0. The van der Waals surface area contributed by atoms with Crippen molar-refractivity contribution in [1.29, 1.82) is 0 Å². The lowest BCUT2D eigenvalue weighted by molar-refractivity contribution is 0.332. The highest BCUT2D eigenvalue weighted by atomic mass is 35.5. The van der Waals surface area contributed by atoms with Crippen LogP contribution in [-0.2, 0) is 27.1 Å². The third kappa shape index (κ3) is 6.01. The summed E-state index contributed by atoms with van der Waals surface area (Å²) in [4.78, 5) is 5.06. The lowest BCUT2D eigenvalue weighted by Crippen LogP contribution is -2.62. The topological polar surface area (TPSA) is 32.8 Å². The second-order valence-electron chi connectivity index (χ2n) is 24.8. The molecule has 0 radical (unpaired) electrons. The number of rotatable bonds is 2. The monoisotopic (exact) mass is 924 g/mol. The molecule has 2 aliphatic carbocycles. The van der Waals surface area contributed by atoms with Gasteiger partial charge in [-0.15, -0.1) is 0 Å². The molecule has 13 rings (SSSR count). The van der Waals surface area contributed by atoms with Crippen LogP contribution in [0.5, 0.6) is 0 Å². The van der Waals surface area contributed by atoms with Gasteiger partial charge < -0.3 is 18.6 Å². The van der Waals surface area contributed by atoms with Crippen molar-refractivity contribution in [2.24, 2.45) is 0 Å². The smallest absolute Gasteiger partial charge is 0.252 e. The van der Waals surface area contributed by atoms with Crippen LogP contribution in [0.25, 0.3) is 43.9 Å². The van der Waals surface area contributed by atoms with E-state index >= 15 is 0 Å². The van der Waals surface area contributed by atoms with Crippen molar-refractivity contribution >= 4 is 113 Å². The summed E-state index contributed by atoms with van der Waals surface area (Å²) in [5.74, 6) is 0. The first kappa shape index (κ1) is 43.1. The standard InChI is InChI=1S/C63H62BClN2O2/c1-35-27-42-44(62(9,10)25-23-60(42,5)6)32-49(35)67-51-34-55-40(39-18-15-20-41(57(39)69-55)59(2,3)4)30-46(51)64-47-31-43-45(63(11,12)26-24-61(43,7)8)33-50(47)66(52-28-36(65)29-53(67)56(52)64)48-21-16-19-38-37-17-13-14-22-54(37)68-58(38)48/h13-22,27-34H,23-26H2,1-12H3. The van der Waals surface area contributed by atoms with E-state index in [0.717, 1.165) is 92.3 Å². The zero-order chi connectivity index (χ0) is 48.1. The van der Waals surface area contributed by atoms with Crippen LogP contribution in [0.4, 0.5) is 34.1 Å². The van der Waals surface area contributed by atoms with Crippen LogP contribution < -0.4 is 26.2 Å². The van der Waals surface area contributed by atoms with Gasteiger partial charge in [0, 0.05) is 66.6 Å². The number of anilines is 6. The lowest BCUT2D eigenvalue weighted by Gasteiger charge is -2.48. The number of benzene rings is 7. The van der Waals surface area contributed by atoms with Crippen molar-refractivity contribution < 1.29 is 8.83 Å². The molecule has 2 aromatic heterocycles. The number of furan rings is 2. The van der Waals surface area contributed by atoms with Gasteiger partial charge in [-0.2, -0.15) is 0 Å². The fraction of sp³-hybridized carbons (Fsp3) is 0.333. The van der Waals surface area contributed by atoms with Crippen molar-refractivity contribution in [2.45, 2.75) is 136 Å². The SMILES string of the molecule is Cc1cc2c(cc1N1c3cc4oc5c(C(C)(C)C)cccc5c4cc3B3c4cc5c(cc4N(c4cccc6c4oc4ccccc46)c4cc(Cl)cc1c43)C(C)(C)CCC5(C)C)C(C)(C)CCC2(C)C. The summed E-state index contributed by atoms with van der Waals surface area (Å²) < 4.78 is 14.1. The molecule has 0 saturated heterocycles. The average Bonchev–Trinajstić information content (AvgIpc) is 3.86. The molecule has 0 N–H and O–H groups in total. The Hall–Kier alpha value is -5.91. The summed E-state index contributed by atoms with van der Waals surface area (Å²) in [6.45, 7) is 28.5. The number of halogens is 1. The zero-order valence-corrected chi connectivity index (χ0v) is 43.1. The fourth-order valence-corrected chi connectivity index (χ4v) is 13.5. The van der Waals surface area contributed by atoms with E-state index in [9.17, 15) is 0 Å². The third-order valence-electron chi connectivity index (χ3n) is 17.5. The first-order valence-corrected chi connectivity index (χ1v) is 25.7. The number of nitrogens with zero attached hydrogens (tertiary/aromatic N) is 2. The van der Waals surface area contributed by atoms with Crippen LogP contribution in [0, 0.1) is 6.92 Å². The number of para-hydroxylation sites is 3. The highest BCUT2D eigenvalue weighted by Gasteiger charge is 2.48. The molecule has 6 heteroatoms. The van der Waals surface area contributed by atoms with Gasteiger partial charge in [-0.1, -0.05) is 154 Å². The molecule has 0 saturated carbocycles. The minimum absolute atomic E-state index is 0.00887. The first-order valence-electron chi connectivity index (χ1n) is 25.3. The van der Waals surface area contributed by atoms with Gasteiger partial charge in [-0.25, -0.2) is 0 Å². The highest BCUT2D eigenvalue weighted by Crippen LogP contribution is 2.54. The number of hydrogen-bond acceptors (Lipinski definition) is 4. The Kier molecular flexibility index (Phi) is 8.70. The molecule has 0 unspecified atom stereocenters. The molecule has 4 aliphatic rings.